The summed E-state index contributed by atoms with van der Waals surface area (Å²) in [5, 5.41) is 4.79. The molecule has 1 atom stereocenters. The average molecular weight is 419 g/mol. The van der Waals surface area contributed by atoms with E-state index in [1.165, 1.54) is 25.1 Å². The smallest absolute Gasteiger partial charge is 0.416 e. The average Bonchev–Trinajstić information content (AvgIpc) is 2.90. The number of benzene rings is 1. The van der Waals surface area contributed by atoms with Crippen LogP contribution in [0.2, 0.25) is 10.3 Å². The van der Waals surface area contributed by atoms with Crippen molar-refractivity contribution in [1.82, 2.24) is 15.3 Å². The first kappa shape index (κ1) is 19.2. The summed E-state index contributed by atoms with van der Waals surface area (Å²) in [4.78, 5) is 19.3. The number of amides is 2. The van der Waals surface area contributed by atoms with E-state index in [2.05, 4.69) is 15.3 Å². The van der Waals surface area contributed by atoms with E-state index in [0.29, 0.717) is 10.4 Å². The van der Waals surface area contributed by atoms with E-state index >= 15 is 0 Å². The first-order valence-electron chi connectivity index (χ1n) is 7.45. The molecule has 0 saturated carbocycles. The molecular formula is C16H11Cl2F3N4O2. The van der Waals surface area contributed by atoms with Crippen LogP contribution in [0.4, 0.5) is 23.7 Å². The van der Waals surface area contributed by atoms with Gasteiger partial charge in [-0.3, -0.25) is 0 Å². The van der Waals surface area contributed by atoms with E-state index in [4.69, 9.17) is 27.6 Å². The number of carbonyl (C=O) groups excluding carboxylic acids is 1. The van der Waals surface area contributed by atoms with Crippen molar-refractivity contribution >= 4 is 45.9 Å². The third-order valence-electron chi connectivity index (χ3n) is 3.68. The van der Waals surface area contributed by atoms with Crippen molar-refractivity contribution in [1.29, 1.82) is 0 Å². The van der Waals surface area contributed by atoms with Crippen molar-refractivity contribution in [3.05, 3.63) is 52.2 Å². The van der Waals surface area contributed by atoms with E-state index < -0.39 is 24.0 Å². The van der Waals surface area contributed by atoms with Gasteiger partial charge < -0.3 is 15.1 Å². The summed E-state index contributed by atoms with van der Waals surface area (Å²) >= 11 is 11.4. The van der Waals surface area contributed by atoms with Gasteiger partial charge in [0.25, 0.3) is 0 Å². The molecule has 1 aromatic carbocycles. The van der Waals surface area contributed by atoms with Crippen LogP contribution < -0.4 is 10.6 Å². The van der Waals surface area contributed by atoms with Crippen molar-refractivity contribution in [3.63, 3.8) is 0 Å². The number of hydrogen-bond acceptors (Lipinski definition) is 4. The fourth-order valence-corrected chi connectivity index (χ4v) is 2.73. The van der Waals surface area contributed by atoms with E-state index in [1.54, 1.807) is 0 Å². The minimum Gasteiger partial charge on any atom is -0.458 e. The number of alkyl halides is 3. The summed E-state index contributed by atoms with van der Waals surface area (Å²) in [5.74, 6) is -0.428. The van der Waals surface area contributed by atoms with Gasteiger partial charge in [-0.15, -0.1) is 0 Å². The Labute approximate surface area is 160 Å². The summed E-state index contributed by atoms with van der Waals surface area (Å²) in [7, 11) is 0. The van der Waals surface area contributed by atoms with Crippen molar-refractivity contribution in [2.24, 2.45) is 0 Å². The summed E-state index contributed by atoms with van der Waals surface area (Å²) in [6.45, 7) is 1.46. The first-order valence-corrected chi connectivity index (χ1v) is 8.21. The highest BCUT2D eigenvalue weighted by molar-refractivity contribution is 6.31. The normalized spacial score (nSPS) is 12.8. The van der Waals surface area contributed by atoms with Gasteiger partial charge in [0.2, 0.25) is 5.28 Å². The molecular weight excluding hydrogens is 408 g/mol. The molecule has 11 heteroatoms. The number of carbonyl (C=O) groups is 1. The molecule has 0 bridgehead atoms. The van der Waals surface area contributed by atoms with Gasteiger partial charge in [-0.1, -0.05) is 11.6 Å². The SMILES string of the molecule is Cc1c(C(NC(=O)Nc2cnc(Cl)nc2)C(F)(F)F)oc2ccc(Cl)cc12. The Hall–Kier alpha value is -2.52. The van der Waals surface area contributed by atoms with Gasteiger partial charge in [-0.05, 0) is 36.7 Å². The lowest BCUT2D eigenvalue weighted by molar-refractivity contribution is -0.158. The topological polar surface area (TPSA) is 80.0 Å². The molecule has 2 aromatic heterocycles. The summed E-state index contributed by atoms with van der Waals surface area (Å²) in [6, 6.07) is 0.989. The highest BCUT2D eigenvalue weighted by atomic mass is 35.5. The second-order valence-corrected chi connectivity index (χ2v) is 6.32. The minimum absolute atomic E-state index is 0.0642. The Balaban J connectivity index is 1.89. The van der Waals surface area contributed by atoms with Crippen molar-refractivity contribution in [2.75, 3.05) is 5.32 Å². The predicted molar refractivity (Wildman–Crippen MR) is 94.0 cm³/mol. The molecule has 2 heterocycles. The van der Waals surface area contributed by atoms with Crippen molar-refractivity contribution in [3.8, 4) is 0 Å². The molecule has 0 aliphatic rings. The van der Waals surface area contributed by atoms with Crippen LogP contribution in [-0.4, -0.2) is 22.2 Å². The molecule has 0 radical (unpaired) electrons. The minimum atomic E-state index is -4.80. The van der Waals surface area contributed by atoms with E-state index in [1.807, 2.05) is 5.32 Å². The zero-order chi connectivity index (χ0) is 19.8. The summed E-state index contributed by atoms with van der Waals surface area (Å²) in [5.41, 5.74) is 0.533. The van der Waals surface area contributed by atoms with E-state index in [-0.39, 0.29) is 22.1 Å². The zero-order valence-electron chi connectivity index (χ0n) is 13.6. The highest BCUT2D eigenvalue weighted by Gasteiger charge is 2.45. The fraction of sp³-hybridized carbons (Fsp3) is 0.188. The van der Waals surface area contributed by atoms with E-state index in [9.17, 15) is 18.0 Å². The third kappa shape index (κ3) is 4.25. The lowest BCUT2D eigenvalue weighted by atomic mass is 10.1. The molecule has 0 aliphatic heterocycles. The van der Waals surface area contributed by atoms with Gasteiger partial charge in [-0.25, -0.2) is 14.8 Å². The lowest BCUT2D eigenvalue weighted by Crippen LogP contribution is -2.40. The molecule has 6 nitrogen and oxygen atoms in total. The predicted octanol–water partition coefficient (Wildman–Crippen LogP) is 5.26. The molecule has 3 aromatic rings. The van der Waals surface area contributed by atoms with Crippen molar-refractivity contribution < 1.29 is 22.4 Å². The van der Waals surface area contributed by atoms with Gasteiger partial charge in [0, 0.05) is 16.0 Å². The quantitative estimate of drug-likeness (QED) is 0.568. The Morgan fingerprint density at radius 3 is 2.52 bits per heavy atom. The number of aryl methyl sites for hydroxylation is 1. The number of anilines is 1. The summed E-state index contributed by atoms with van der Waals surface area (Å²) < 4.78 is 46.1. The third-order valence-corrected chi connectivity index (χ3v) is 4.11. The molecule has 142 valence electrons. The maximum Gasteiger partial charge on any atom is 0.416 e. The molecule has 0 fully saturated rings. The number of nitrogens with zero attached hydrogens (tertiary/aromatic N) is 2. The van der Waals surface area contributed by atoms with E-state index in [0.717, 1.165) is 12.4 Å². The number of furan rings is 1. The maximum atomic E-state index is 13.6. The van der Waals surface area contributed by atoms with Gasteiger partial charge in [0.1, 0.15) is 11.3 Å². The molecule has 1 unspecified atom stereocenters. The van der Waals surface area contributed by atoms with Crippen LogP contribution in [0, 0.1) is 6.92 Å². The van der Waals surface area contributed by atoms with Crippen LogP contribution in [0.15, 0.2) is 35.0 Å². The number of aromatic nitrogens is 2. The highest BCUT2D eigenvalue weighted by Crippen LogP contribution is 2.39. The van der Waals surface area contributed by atoms with Crippen LogP contribution in [0.3, 0.4) is 0 Å². The lowest BCUT2D eigenvalue weighted by Gasteiger charge is -2.20. The fourth-order valence-electron chi connectivity index (χ4n) is 2.46. The van der Waals surface area contributed by atoms with Crippen LogP contribution in [0.5, 0.6) is 0 Å². The van der Waals surface area contributed by atoms with Crippen molar-refractivity contribution in [2.45, 2.75) is 19.1 Å². The first-order chi connectivity index (χ1) is 12.6. The molecule has 0 saturated heterocycles. The number of fused-ring (bicyclic) bond motifs is 1. The number of halogens is 5. The molecule has 0 spiro atoms. The Kier molecular flexibility index (Phi) is 5.16. The molecule has 3 rings (SSSR count). The van der Waals surface area contributed by atoms with Crippen LogP contribution in [0.1, 0.15) is 17.4 Å². The Morgan fingerprint density at radius 1 is 1.22 bits per heavy atom. The van der Waals surface area contributed by atoms with Gasteiger partial charge in [0.15, 0.2) is 6.04 Å². The zero-order valence-corrected chi connectivity index (χ0v) is 15.1. The molecule has 0 aliphatic carbocycles. The molecule has 2 N–H and O–H groups in total. The van der Waals surface area contributed by atoms with Crippen LogP contribution in [0.25, 0.3) is 11.0 Å². The van der Waals surface area contributed by atoms with Crippen LogP contribution >= 0.6 is 23.2 Å². The monoisotopic (exact) mass is 418 g/mol. The Bertz CT molecular complexity index is 990. The number of urea groups is 1. The Morgan fingerprint density at radius 2 is 1.89 bits per heavy atom. The number of hydrogen-bond donors (Lipinski definition) is 2. The second kappa shape index (κ2) is 7.24. The van der Waals surface area contributed by atoms with Gasteiger partial charge in [-0.2, -0.15) is 13.2 Å². The maximum absolute atomic E-state index is 13.6. The molecule has 2 amide bonds. The largest absolute Gasteiger partial charge is 0.458 e. The van der Waals surface area contributed by atoms with Gasteiger partial charge >= 0.3 is 12.2 Å². The number of rotatable bonds is 3. The van der Waals surface area contributed by atoms with Crippen LogP contribution in [-0.2, 0) is 0 Å². The molecule has 27 heavy (non-hydrogen) atoms. The standard InChI is InChI=1S/C16H11Cl2F3N4O2/c1-7-10-4-8(17)2-3-11(10)27-12(7)13(16(19,20)21)25-15(26)24-9-5-22-14(18)23-6-9/h2-6,13H,1H3,(H2,24,25,26). The second-order valence-electron chi connectivity index (χ2n) is 5.55. The number of nitrogens with one attached hydrogen (secondary N) is 2. The van der Waals surface area contributed by atoms with Gasteiger partial charge in [0.05, 0.1) is 18.1 Å². The summed E-state index contributed by atoms with van der Waals surface area (Å²) in [6.07, 6.45) is -2.48.